The van der Waals surface area contributed by atoms with Crippen LogP contribution in [0.25, 0.3) is 0 Å². The molecule has 1 unspecified atom stereocenters. The van der Waals surface area contributed by atoms with Gasteiger partial charge in [0.05, 0.1) is 5.56 Å². The molecule has 5 heteroatoms. The topological polar surface area (TPSA) is 66.6 Å². The number of piperidine rings is 1. The molecule has 0 radical (unpaired) electrons. The normalized spacial score (nSPS) is 22.3. The molecular formula is C14H19BrN2O2. The molecule has 19 heavy (non-hydrogen) atoms. The number of halogens is 1. The second-order valence-electron chi connectivity index (χ2n) is 5.77. The first kappa shape index (κ1) is 14.3. The van der Waals surface area contributed by atoms with E-state index in [0.29, 0.717) is 18.7 Å². The third kappa shape index (κ3) is 2.92. The molecule has 0 aromatic heterocycles. The average molecular weight is 327 g/mol. The third-order valence-electron chi connectivity index (χ3n) is 3.79. The van der Waals surface area contributed by atoms with Gasteiger partial charge in [-0.2, -0.15) is 0 Å². The summed E-state index contributed by atoms with van der Waals surface area (Å²) in [6, 6.07) is 4.99. The summed E-state index contributed by atoms with van der Waals surface area (Å²) in [6.45, 7) is 5.38. The Labute approximate surface area is 121 Å². The minimum Gasteiger partial charge on any atom is -0.507 e. The molecular weight excluding hydrogens is 308 g/mol. The molecule has 1 aromatic rings. The molecule has 0 spiro atoms. The van der Waals surface area contributed by atoms with E-state index in [0.717, 1.165) is 10.9 Å². The number of aromatic hydroxyl groups is 1. The lowest BCUT2D eigenvalue weighted by molar-refractivity contribution is 0.0530. The van der Waals surface area contributed by atoms with Gasteiger partial charge in [-0.05, 0) is 30.0 Å². The van der Waals surface area contributed by atoms with E-state index in [1.165, 1.54) is 6.07 Å². The number of carbonyl (C=O) groups is 1. The number of hydrogen-bond donors (Lipinski definition) is 2. The van der Waals surface area contributed by atoms with Crippen LogP contribution in [0.15, 0.2) is 22.7 Å². The van der Waals surface area contributed by atoms with Crippen LogP contribution in [-0.2, 0) is 0 Å². The van der Waals surface area contributed by atoms with Gasteiger partial charge in [-0.15, -0.1) is 0 Å². The number of amides is 1. The van der Waals surface area contributed by atoms with Crippen molar-refractivity contribution in [3.8, 4) is 5.75 Å². The van der Waals surface area contributed by atoms with Crippen LogP contribution in [0.2, 0.25) is 0 Å². The number of likely N-dealkylation sites (tertiary alicyclic amines) is 1. The Morgan fingerprint density at radius 3 is 2.84 bits per heavy atom. The maximum Gasteiger partial charge on any atom is 0.257 e. The number of hydrogen-bond acceptors (Lipinski definition) is 3. The monoisotopic (exact) mass is 326 g/mol. The molecule has 2 rings (SSSR count). The van der Waals surface area contributed by atoms with Crippen LogP contribution in [0.1, 0.15) is 30.6 Å². The Morgan fingerprint density at radius 1 is 1.53 bits per heavy atom. The van der Waals surface area contributed by atoms with Gasteiger partial charge in [-0.1, -0.05) is 29.8 Å². The lowest BCUT2D eigenvalue weighted by Crippen LogP contribution is -2.54. The summed E-state index contributed by atoms with van der Waals surface area (Å²) >= 11 is 3.32. The van der Waals surface area contributed by atoms with Gasteiger partial charge < -0.3 is 15.7 Å². The van der Waals surface area contributed by atoms with Crippen LogP contribution in [0, 0.1) is 5.41 Å². The second-order valence-corrected chi connectivity index (χ2v) is 6.69. The van der Waals surface area contributed by atoms with Gasteiger partial charge in [0.25, 0.3) is 5.91 Å². The zero-order valence-electron chi connectivity index (χ0n) is 11.2. The van der Waals surface area contributed by atoms with Crippen LogP contribution in [0.4, 0.5) is 0 Å². The molecule has 1 atom stereocenters. The highest BCUT2D eigenvalue weighted by molar-refractivity contribution is 9.10. The van der Waals surface area contributed by atoms with Crippen molar-refractivity contribution in [2.24, 2.45) is 11.1 Å². The lowest BCUT2D eigenvalue weighted by atomic mass is 9.79. The molecule has 1 aliphatic heterocycles. The van der Waals surface area contributed by atoms with Gasteiger partial charge in [0.1, 0.15) is 5.75 Å². The van der Waals surface area contributed by atoms with Crippen LogP contribution in [0.5, 0.6) is 5.75 Å². The van der Waals surface area contributed by atoms with Gasteiger partial charge in [0.15, 0.2) is 0 Å². The zero-order chi connectivity index (χ0) is 14.2. The molecule has 1 amide bonds. The molecule has 0 bridgehead atoms. The fourth-order valence-corrected chi connectivity index (χ4v) is 2.76. The van der Waals surface area contributed by atoms with Gasteiger partial charge in [-0.3, -0.25) is 4.79 Å². The molecule has 1 aliphatic rings. The number of phenolic OH excluding ortho intramolecular Hbond substituents is 1. The third-order valence-corrected chi connectivity index (χ3v) is 4.28. The van der Waals surface area contributed by atoms with Crippen molar-refractivity contribution in [1.29, 1.82) is 0 Å². The molecule has 104 valence electrons. The number of nitrogens with zero attached hydrogens (tertiary/aromatic N) is 1. The van der Waals surface area contributed by atoms with Crippen molar-refractivity contribution < 1.29 is 9.90 Å². The average Bonchev–Trinajstić information content (AvgIpc) is 2.35. The summed E-state index contributed by atoms with van der Waals surface area (Å²) in [7, 11) is 0. The number of phenols is 1. The minimum absolute atomic E-state index is 0.0147. The molecule has 0 aliphatic carbocycles. The molecule has 1 saturated heterocycles. The van der Waals surface area contributed by atoms with Crippen LogP contribution in [-0.4, -0.2) is 35.0 Å². The fraction of sp³-hybridized carbons (Fsp3) is 0.500. The maximum absolute atomic E-state index is 12.5. The van der Waals surface area contributed by atoms with E-state index in [9.17, 15) is 9.90 Å². The highest BCUT2D eigenvalue weighted by Crippen LogP contribution is 2.30. The maximum atomic E-state index is 12.5. The first-order valence-electron chi connectivity index (χ1n) is 6.34. The van der Waals surface area contributed by atoms with E-state index in [4.69, 9.17) is 5.73 Å². The largest absolute Gasteiger partial charge is 0.507 e. The van der Waals surface area contributed by atoms with Gasteiger partial charge in [0.2, 0.25) is 0 Å². The van der Waals surface area contributed by atoms with E-state index in [1.54, 1.807) is 17.0 Å². The summed E-state index contributed by atoms with van der Waals surface area (Å²) in [5.41, 5.74) is 6.31. The summed E-state index contributed by atoms with van der Waals surface area (Å²) in [6.07, 6.45) is 0.785. The van der Waals surface area contributed by atoms with Crippen molar-refractivity contribution in [3.63, 3.8) is 0 Å². The summed E-state index contributed by atoms with van der Waals surface area (Å²) in [4.78, 5) is 14.2. The molecule has 4 nitrogen and oxygen atoms in total. The Kier molecular flexibility index (Phi) is 3.87. The van der Waals surface area contributed by atoms with Crippen molar-refractivity contribution >= 4 is 21.8 Å². The SMILES string of the molecule is CC1(C)CN(C(=O)c2cc(Br)ccc2O)CCC1N. The van der Waals surface area contributed by atoms with Crippen molar-refractivity contribution in [3.05, 3.63) is 28.2 Å². The van der Waals surface area contributed by atoms with Gasteiger partial charge >= 0.3 is 0 Å². The van der Waals surface area contributed by atoms with E-state index in [2.05, 4.69) is 29.8 Å². The summed E-state index contributed by atoms with van der Waals surface area (Å²) in [5.74, 6) is -0.125. The number of benzene rings is 1. The molecule has 1 heterocycles. The smallest absolute Gasteiger partial charge is 0.257 e. The summed E-state index contributed by atoms with van der Waals surface area (Å²) in [5, 5.41) is 9.83. The van der Waals surface area contributed by atoms with Gasteiger partial charge in [0, 0.05) is 23.6 Å². The van der Waals surface area contributed by atoms with Crippen molar-refractivity contribution in [1.82, 2.24) is 4.90 Å². The van der Waals surface area contributed by atoms with E-state index < -0.39 is 0 Å². The standard InChI is InChI=1S/C14H19BrN2O2/c1-14(2)8-17(6-5-12(14)16)13(19)10-7-9(15)3-4-11(10)18/h3-4,7,12,18H,5-6,8,16H2,1-2H3. The van der Waals surface area contributed by atoms with E-state index >= 15 is 0 Å². The highest BCUT2D eigenvalue weighted by atomic mass is 79.9. The molecule has 1 aromatic carbocycles. The van der Waals surface area contributed by atoms with Crippen LogP contribution in [0.3, 0.4) is 0 Å². The Hall–Kier alpha value is -1.07. The highest BCUT2D eigenvalue weighted by Gasteiger charge is 2.36. The lowest BCUT2D eigenvalue weighted by Gasteiger charge is -2.42. The van der Waals surface area contributed by atoms with Crippen molar-refractivity contribution in [2.75, 3.05) is 13.1 Å². The zero-order valence-corrected chi connectivity index (χ0v) is 12.8. The summed E-state index contributed by atoms with van der Waals surface area (Å²) < 4.78 is 0.779. The number of nitrogens with two attached hydrogens (primary N) is 1. The number of carbonyl (C=O) groups excluding carboxylic acids is 1. The second kappa shape index (κ2) is 5.13. The predicted octanol–water partition coefficient (Wildman–Crippen LogP) is 2.35. The van der Waals surface area contributed by atoms with Crippen molar-refractivity contribution in [2.45, 2.75) is 26.3 Å². The first-order valence-corrected chi connectivity index (χ1v) is 7.14. The predicted molar refractivity (Wildman–Crippen MR) is 78.1 cm³/mol. The number of rotatable bonds is 1. The Bertz CT molecular complexity index is 502. The fourth-order valence-electron chi connectivity index (χ4n) is 2.40. The quantitative estimate of drug-likeness (QED) is 0.832. The molecule has 3 N–H and O–H groups in total. The van der Waals surface area contributed by atoms with E-state index in [1.807, 2.05) is 0 Å². The Balaban J connectivity index is 2.23. The first-order chi connectivity index (χ1) is 8.81. The Morgan fingerprint density at radius 2 is 2.21 bits per heavy atom. The van der Waals surface area contributed by atoms with Gasteiger partial charge in [-0.25, -0.2) is 0 Å². The van der Waals surface area contributed by atoms with Crippen LogP contribution < -0.4 is 5.73 Å². The van der Waals surface area contributed by atoms with E-state index in [-0.39, 0.29) is 23.1 Å². The molecule has 0 saturated carbocycles. The minimum atomic E-state index is -0.140. The molecule has 1 fully saturated rings. The van der Waals surface area contributed by atoms with Crippen LogP contribution >= 0.6 is 15.9 Å².